The van der Waals surface area contributed by atoms with Gasteiger partial charge in [-0.25, -0.2) is 0 Å². The summed E-state index contributed by atoms with van der Waals surface area (Å²) in [6.07, 6.45) is 2.83. The van der Waals surface area contributed by atoms with Crippen molar-refractivity contribution < 1.29 is 39.4 Å². The molecule has 4 aromatic carbocycles. The van der Waals surface area contributed by atoms with Gasteiger partial charge in [0.2, 0.25) is 0 Å². The van der Waals surface area contributed by atoms with Gasteiger partial charge < -0.3 is 39.4 Å². The number of phenolic OH excluding ortho intramolecular Hbond substituents is 4. The normalized spacial score (nSPS) is 18.4. The van der Waals surface area contributed by atoms with Gasteiger partial charge in [0.25, 0.3) is 0 Å². The minimum absolute atomic E-state index is 0.0487. The molecular weight excluding hydrogens is 716 g/mol. The topological polar surface area (TPSA) is 156 Å². The lowest BCUT2D eigenvalue weighted by Crippen LogP contribution is -2.39. The lowest BCUT2D eigenvalue weighted by molar-refractivity contribution is 0.0951. The van der Waals surface area contributed by atoms with E-state index >= 15 is 0 Å². The van der Waals surface area contributed by atoms with Gasteiger partial charge in [0, 0.05) is 87.0 Å². The molecule has 6 rings (SSSR count). The number of aliphatic imine (C=N–C) groups is 2. The fourth-order valence-corrected chi connectivity index (χ4v) is 7.58. The highest BCUT2D eigenvalue weighted by Gasteiger charge is 2.38. The average Bonchev–Trinajstić information content (AvgIpc) is 3.81. The van der Waals surface area contributed by atoms with Crippen LogP contribution in [0.5, 0.6) is 46.0 Å². The Bertz CT molecular complexity index is 1850. The minimum Gasteiger partial charge on any atom is -0.504 e. The second-order valence-corrected chi connectivity index (χ2v) is 13.6. The molecule has 0 radical (unpaired) electrons. The Morgan fingerprint density at radius 1 is 0.482 bits per heavy atom. The zero-order valence-corrected chi connectivity index (χ0v) is 32.4. The first kappa shape index (κ1) is 40.1. The van der Waals surface area contributed by atoms with Crippen molar-refractivity contribution in [3.8, 4) is 46.0 Å². The summed E-state index contributed by atoms with van der Waals surface area (Å²) in [5.74, 6) is 1.92. The second kappa shape index (κ2) is 18.9. The Hall–Kier alpha value is -5.54. The van der Waals surface area contributed by atoms with Crippen molar-refractivity contribution >= 4 is 12.4 Å². The molecule has 2 fully saturated rings. The zero-order valence-electron chi connectivity index (χ0n) is 32.4. The number of aromatic hydroxyl groups is 4. The fourth-order valence-electron chi connectivity index (χ4n) is 7.58. The van der Waals surface area contributed by atoms with Crippen LogP contribution in [-0.2, 0) is 0 Å². The number of benzene rings is 4. The maximum Gasteiger partial charge on any atom is 0.166 e. The molecule has 14 heteroatoms. The molecule has 2 heterocycles. The predicted octanol–water partition coefficient (Wildman–Crippen LogP) is 4.71. The first-order valence-electron chi connectivity index (χ1n) is 18.7. The van der Waals surface area contributed by atoms with E-state index in [1.54, 1.807) is 63.0 Å². The highest BCUT2D eigenvalue weighted by Crippen LogP contribution is 2.42. The highest BCUT2D eigenvalue weighted by molar-refractivity contribution is 5.85. The van der Waals surface area contributed by atoms with Crippen LogP contribution in [0.3, 0.4) is 0 Å². The molecule has 0 unspecified atom stereocenters. The summed E-state index contributed by atoms with van der Waals surface area (Å²) in [5.41, 5.74) is 2.66. The van der Waals surface area contributed by atoms with E-state index in [0.717, 1.165) is 37.3 Å². The van der Waals surface area contributed by atoms with Gasteiger partial charge in [-0.05, 0) is 36.4 Å². The SMILES string of the molecule is COc1cccc(C=NCCN2CCN(CCN3CCN(CCN=Cc4cccc(OC)c4O)[C@H]3c3cccc(OC)c3O)[C@@H]2c2cccc(OC)c2O)c1O. The molecule has 4 N–H and O–H groups in total. The van der Waals surface area contributed by atoms with Crippen molar-refractivity contribution in [1.29, 1.82) is 0 Å². The fraction of sp³-hybridized carbons (Fsp3) is 0.381. The smallest absolute Gasteiger partial charge is 0.166 e. The third-order valence-electron chi connectivity index (χ3n) is 10.5. The number of para-hydroxylation sites is 4. The zero-order chi connectivity index (χ0) is 39.6. The Morgan fingerprint density at radius 3 is 1.16 bits per heavy atom. The molecule has 2 aliphatic heterocycles. The van der Waals surface area contributed by atoms with Crippen molar-refractivity contribution in [3.05, 3.63) is 95.1 Å². The number of hydrogen-bond donors (Lipinski definition) is 4. The maximum atomic E-state index is 11.4. The summed E-state index contributed by atoms with van der Waals surface area (Å²) in [4.78, 5) is 18.6. The lowest BCUT2D eigenvalue weighted by Gasteiger charge is -2.34. The standard InChI is InChI=1S/C42H52N6O8/c1-53-33-13-5-9-29(37(33)49)27-43-17-19-45-21-23-47(41(45)31-11-7-15-35(55-3)39(31)51)25-26-48-24-22-46(42(48)32-12-8-16-36(56-4)40(32)52)20-18-44-28-30-10-6-14-34(54-2)38(30)50/h5-16,27-28,41-42,49-52H,17-26H2,1-4H3/t41-,42-/m1/s1. The van der Waals surface area contributed by atoms with Gasteiger partial charge in [0.05, 0.1) is 53.9 Å². The van der Waals surface area contributed by atoms with Crippen LogP contribution in [0.25, 0.3) is 0 Å². The predicted molar refractivity (Wildman–Crippen MR) is 215 cm³/mol. The number of hydrogen-bond acceptors (Lipinski definition) is 14. The van der Waals surface area contributed by atoms with Crippen molar-refractivity contribution in [3.63, 3.8) is 0 Å². The molecule has 0 saturated carbocycles. The molecule has 0 aliphatic carbocycles. The quantitative estimate of drug-likeness (QED) is 0.110. The van der Waals surface area contributed by atoms with E-state index in [1.165, 1.54) is 14.2 Å². The average molecular weight is 769 g/mol. The van der Waals surface area contributed by atoms with E-state index in [4.69, 9.17) is 18.9 Å². The highest BCUT2D eigenvalue weighted by atomic mass is 16.5. The summed E-state index contributed by atoms with van der Waals surface area (Å²) in [5, 5.41) is 43.7. The number of methoxy groups -OCH3 is 4. The van der Waals surface area contributed by atoms with Gasteiger partial charge in [-0.2, -0.15) is 0 Å². The number of phenols is 4. The van der Waals surface area contributed by atoms with Crippen molar-refractivity contribution in [2.75, 3.05) is 93.9 Å². The number of nitrogens with zero attached hydrogens (tertiary/aromatic N) is 6. The van der Waals surface area contributed by atoms with E-state index < -0.39 is 0 Å². The van der Waals surface area contributed by atoms with Gasteiger partial charge >= 0.3 is 0 Å². The lowest BCUT2D eigenvalue weighted by atomic mass is 10.1. The summed E-state index contributed by atoms with van der Waals surface area (Å²) < 4.78 is 21.5. The summed E-state index contributed by atoms with van der Waals surface area (Å²) in [6.45, 7) is 6.59. The van der Waals surface area contributed by atoms with Crippen LogP contribution in [0.4, 0.5) is 0 Å². The second-order valence-electron chi connectivity index (χ2n) is 13.6. The van der Waals surface area contributed by atoms with E-state index in [0.29, 0.717) is 73.4 Å². The third kappa shape index (κ3) is 8.79. The van der Waals surface area contributed by atoms with Gasteiger partial charge in [-0.3, -0.25) is 29.6 Å². The van der Waals surface area contributed by atoms with Crippen LogP contribution in [0.1, 0.15) is 34.6 Å². The van der Waals surface area contributed by atoms with Crippen molar-refractivity contribution in [2.45, 2.75) is 12.3 Å². The Kier molecular flexibility index (Phi) is 13.5. The van der Waals surface area contributed by atoms with E-state index in [1.807, 2.05) is 36.4 Å². The molecular formula is C42H52N6O8. The molecule has 2 aliphatic rings. The summed E-state index contributed by atoms with van der Waals surface area (Å²) in [7, 11) is 6.13. The van der Waals surface area contributed by atoms with Crippen LogP contribution in [-0.4, -0.2) is 146 Å². The Morgan fingerprint density at radius 2 is 0.804 bits per heavy atom. The monoisotopic (exact) mass is 768 g/mol. The molecule has 56 heavy (non-hydrogen) atoms. The molecule has 4 aromatic rings. The van der Waals surface area contributed by atoms with Crippen molar-refractivity contribution in [1.82, 2.24) is 19.6 Å². The van der Waals surface area contributed by atoms with Gasteiger partial charge in [-0.1, -0.05) is 36.4 Å². The van der Waals surface area contributed by atoms with E-state index in [2.05, 4.69) is 29.6 Å². The third-order valence-corrected chi connectivity index (χ3v) is 10.5. The van der Waals surface area contributed by atoms with Crippen LogP contribution < -0.4 is 18.9 Å². The van der Waals surface area contributed by atoms with Gasteiger partial charge in [0.1, 0.15) is 0 Å². The van der Waals surface area contributed by atoms with Crippen LogP contribution in [0.15, 0.2) is 82.8 Å². The molecule has 2 saturated heterocycles. The molecule has 14 nitrogen and oxygen atoms in total. The van der Waals surface area contributed by atoms with Gasteiger partial charge in [0.15, 0.2) is 46.0 Å². The molecule has 298 valence electrons. The Balaban J connectivity index is 1.19. The first-order chi connectivity index (χ1) is 27.3. The first-order valence-corrected chi connectivity index (χ1v) is 18.7. The van der Waals surface area contributed by atoms with Crippen LogP contribution in [0, 0.1) is 0 Å². The molecule has 0 amide bonds. The maximum absolute atomic E-state index is 11.4. The van der Waals surface area contributed by atoms with E-state index in [-0.39, 0.29) is 35.3 Å². The molecule has 0 spiro atoms. The van der Waals surface area contributed by atoms with Crippen LogP contribution >= 0.6 is 0 Å². The molecule has 2 atom stereocenters. The Labute approximate surface area is 328 Å². The van der Waals surface area contributed by atoms with Gasteiger partial charge in [-0.15, -0.1) is 0 Å². The minimum atomic E-state index is -0.240. The summed E-state index contributed by atoms with van der Waals surface area (Å²) >= 11 is 0. The molecule has 0 aromatic heterocycles. The van der Waals surface area contributed by atoms with E-state index in [9.17, 15) is 20.4 Å². The molecule has 0 bridgehead atoms. The summed E-state index contributed by atoms with van der Waals surface area (Å²) in [6, 6.07) is 21.8. The number of ether oxygens (including phenoxy) is 4. The number of rotatable bonds is 17. The van der Waals surface area contributed by atoms with Crippen molar-refractivity contribution in [2.24, 2.45) is 9.98 Å². The van der Waals surface area contributed by atoms with Crippen LogP contribution in [0.2, 0.25) is 0 Å². The largest absolute Gasteiger partial charge is 0.504 e.